The van der Waals surface area contributed by atoms with Gasteiger partial charge in [0.05, 0.1) is 6.61 Å². The van der Waals surface area contributed by atoms with Crippen LogP contribution in [0, 0.1) is 18.6 Å². The van der Waals surface area contributed by atoms with Crippen molar-refractivity contribution in [1.29, 1.82) is 0 Å². The molecule has 1 aromatic rings. The number of esters is 1. The number of carbonyl (C=O) groups is 1. The highest BCUT2D eigenvalue weighted by molar-refractivity contribution is 5.75. The van der Waals surface area contributed by atoms with Gasteiger partial charge in [-0.15, -0.1) is 0 Å². The smallest absolute Gasteiger partial charge is 0.322 e. The molecule has 0 aliphatic rings. The van der Waals surface area contributed by atoms with Crippen LogP contribution in [0.5, 0.6) is 0 Å². The third kappa shape index (κ3) is 3.99. The van der Waals surface area contributed by atoms with E-state index in [0.717, 1.165) is 12.1 Å². The summed E-state index contributed by atoms with van der Waals surface area (Å²) in [7, 11) is 0. The van der Waals surface area contributed by atoms with Crippen molar-refractivity contribution in [3.63, 3.8) is 0 Å². The first-order valence-corrected chi connectivity index (χ1v) is 6.25. The van der Waals surface area contributed by atoms with Crippen LogP contribution in [0.25, 0.3) is 0 Å². The van der Waals surface area contributed by atoms with Gasteiger partial charge in [-0.3, -0.25) is 10.1 Å². The quantitative estimate of drug-likeness (QED) is 0.837. The molecule has 2 atom stereocenters. The zero-order valence-electron chi connectivity index (χ0n) is 11.6. The summed E-state index contributed by atoms with van der Waals surface area (Å²) in [6.07, 6.45) is 0. The molecule has 0 aliphatic heterocycles. The number of hydrogen-bond acceptors (Lipinski definition) is 3. The molecule has 1 N–H and O–H groups in total. The average Bonchev–Trinajstić information content (AvgIpc) is 2.33. The van der Waals surface area contributed by atoms with Crippen LogP contribution in [0.15, 0.2) is 12.1 Å². The summed E-state index contributed by atoms with van der Waals surface area (Å²) in [6, 6.07) is 1.23. The van der Waals surface area contributed by atoms with Crippen LogP contribution >= 0.6 is 0 Å². The van der Waals surface area contributed by atoms with Gasteiger partial charge < -0.3 is 4.74 Å². The summed E-state index contributed by atoms with van der Waals surface area (Å²) < 4.78 is 32.1. The van der Waals surface area contributed by atoms with E-state index in [-0.39, 0.29) is 17.7 Å². The highest BCUT2D eigenvalue weighted by atomic mass is 19.1. The lowest BCUT2D eigenvalue weighted by atomic mass is 10.0. The fraction of sp³-hybridized carbons (Fsp3) is 0.500. The fourth-order valence-corrected chi connectivity index (χ4v) is 1.79. The maximum atomic E-state index is 13.8. The lowest BCUT2D eigenvalue weighted by molar-refractivity contribution is -0.145. The van der Waals surface area contributed by atoms with E-state index >= 15 is 0 Å². The Hall–Kier alpha value is -1.49. The Morgan fingerprint density at radius 2 is 1.95 bits per heavy atom. The molecular weight excluding hydrogens is 252 g/mol. The largest absolute Gasteiger partial charge is 0.465 e. The molecule has 3 nitrogen and oxygen atoms in total. The zero-order chi connectivity index (χ0) is 14.6. The van der Waals surface area contributed by atoms with E-state index in [1.54, 1.807) is 20.8 Å². The van der Waals surface area contributed by atoms with Gasteiger partial charge in [0.15, 0.2) is 0 Å². The molecule has 2 unspecified atom stereocenters. The van der Waals surface area contributed by atoms with Crippen molar-refractivity contribution in [3.05, 3.63) is 34.9 Å². The molecule has 0 saturated carbocycles. The molecule has 0 aromatic heterocycles. The molecule has 0 fully saturated rings. The molecule has 0 radical (unpaired) electrons. The number of halogens is 2. The van der Waals surface area contributed by atoms with Crippen LogP contribution < -0.4 is 5.32 Å². The standard InChI is InChI=1S/C14H19F2NO2/c1-5-19-14(18)10(4)17-9(3)11-7-12(15)8(2)6-13(11)16/h6-7,9-10,17H,5H2,1-4H3. The SMILES string of the molecule is CCOC(=O)C(C)NC(C)c1cc(F)c(C)cc1F. The van der Waals surface area contributed by atoms with E-state index in [1.165, 1.54) is 6.92 Å². The van der Waals surface area contributed by atoms with E-state index in [2.05, 4.69) is 5.32 Å². The van der Waals surface area contributed by atoms with Crippen LogP contribution in [0.3, 0.4) is 0 Å². The Kier molecular flexibility index (Phi) is 5.42. The van der Waals surface area contributed by atoms with Crippen molar-refractivity contribution in [2.24, 2.45) is 0 Å². The van der Waals surface area contributed by atoms with Gasteiger partial charge in [0.1, 0.15) is 17.7 Å². The number of ether oxygens (including phenoxy) is 1. The molecule has 0 bridgehead atoms. The van der Waals surface area contributed by atoms with Crippen molar-refractivity contribution in [2.45, 2.75) is 39.8 Å². The van der Waals surface area contributed by atoms with Gasteiger partial charge in [-0.25, -0.2) is 8.78 Å². The predicted molar refractivity (Wildman–Crippen MR) is 68.7 cm³/mol. The summed E-state index contributed by atoms with van der Waals surface area (Å²) in [5.41, 5.74) is 0.450. The molecule has 5 heteroatoms. The number of hydrogen-bond donors (Lipinski definition) is 1. The average molecular weight is 271 g/mol. The van der Waals surface area contributed by atoms with Gasteiger partial charge in [0.25, 0.3) is 0 Å². The van der Waals surface area contributed by atoms with E-state index in [9.17, 15) is 13.6 Å². The minimum absolute atomic E-state index is 0.194. The van der Waals surface area contributed by atoms with Crippen LogP contribution in [0.1, 0.15) is 37.9 Å². The predicted octanol–water partition coefficient (Wildman–Crippen LogP) is 2.88. The van der Waals surface area contributed by atoms with Crippen LogP contribution in [0.2, 0.25) is 0 Å². The van der Waals surface area contributed by atoms with Crippen molar-refractivity contribution < 1.29 is 18.3 Å². The Labute approximate surface area is 112 Å². The molecular formula is C14H19F2NO2. The lowest BCUT2D eigenvalue weighted by Gasteiger charge is -2.20. The first-order valence-electron chi connectivity index (χ1n) is 6.25. The molecule has 106 valence electrons. The monoisotopic (exact) mass is 271 g/mol. The first-order chi connectivity index (χ1) is 8.86. The van der Waals surface area contributed by atoms with Crippen LogP contribution in [-0.2, 0) is 9.53 Å². The maximum absolute atomic E-state index is 13.8. The highest BCUT2D eigenvalue weighted by Crippen LogP contribution is 2.21. The van der Waals surface area contributed by atoms with Crippen molar-refractivity contribution in [3.8, 4) is 0 Å². The second kappa shape index (κ2) is 6.61. The molecule has 0 spiro atoms. The Morgan fingerprint density at radius 1 is 1.32 bits per heavy atom. The molecule has 0 aliphatic carbocycles. The second-order valence-electron chi connectivity index (χ2n) is 4.48. The minimum Gasteiger partial charge on any atom is -0.465 e. The number of benzene rings is 1. The summed E-state index contributed by atoms with van der Waals surface area (Å²) in [5.74, 6) is -1.37. The summed E-state index contributed by atoms with van der Waals surface area (Å²) in [4.78, 5) is 11.5. The maximum Gasteiger partial charge on any atom is 0.322 e. The normalized spacial score (nSPS) is 14.0. The van der Waals surface area contributed by atoms with Crippen molar-refractivity contribution >= 4 is 5.97 Å². The molecule has 19 heavy (non-hydrogen) atoms. The van der Waals surface area contributed by atoms with E-state index in [1.807, 2.05) is 0 Å². The Balaban J connectivity index is 2.81. The highest BCUT2D eigenvalue weighted by Gasteiger charge is 2.20. The first kappa shape index (κ1) is 15.6. The number of nitrogens with one attached hydrogen (secondary N) is 1. The third-order valence-corrected chi connectivity index (χ3v) is 2.88. The molecule has 1 aromatic carbocycles. The summed E-state index contributed by atoms with van der Waals surface area (Å²) in [6.45, 7) is 6.79. The Morgan fingerprint density at radius 3 is 2.53 bits per heavy atom. The van der Waals surface area contributed by atoms with E-state index < -0.39 is 29.7 Å². The summed E-state index contributed by atoms with van der Waals surface area (Å²) in [5, 5.41) is 2.89. The van der Waals surface area contributed by atoms with Crippen molar-refractivity contribution in [2.75, 3.05) is 6.61 Å². The van der Waals surface area contributed by atoms with Gasteiger partial charge in [0, 0.05) is 11.6 Å². The van der Waals surface area contributed by atoms with Crippen LogP contribution in [-0.4, -0.2) is 18.6 Å². The second-order valence-corrected chi connectivity index (χ2v) is 4.48. The summed E-state index contributed by atoms with van der Waals surface area (Å²) >= 11 is 0. The zero-order valence-corrected chi connectivity index (χ0v) is 11.6. The Bertz CT molecular complexity index is 463. The fourth-order valence-electron chi connectivity index (χ4n) is 1.79. The van der Waals surface area contributed by atoms with Gasteiger partial charge >= 0.3 is 5.97 Å². The third-order valence-electron chi connectivity index (χ3n) is 2.88. The van der Waals surface area contributed by atoms with Gasteiger partial charge in [-0.2, -0.15) is 0 Å². The van der Waals surface area contributed by atoms with Gasteiger partial charge in [-0.05, 0) is 45.4 Å². The van der Waals surface area contributed by atoms with Crippen LogP contribution in [0.4, 0.5) is 8.78 Å². The van der Waals surface area contributed by atoms with Gasteiger partial charge in [-0.1, -0.05) is 0 Å². The minimum atomic E-state index is -0.585. The van der Waals surface area contributed by atoms with Gasteiger partial charge in [0.2, 0.25) is 0 Å². The molecule has 1 rings (SSSR count). The molecule has 0 heterocycles. The van der Waals surface area contributed by atoms with Crippen molar-refractivity contribution in [1.82, 2.24) is 5.32 Å². The molecule has 0 amide bonds. The lowest BCUT2D eigenvalue weighted by Crippen LogP contribution is -2.37. The number of rotatable bonds is 5. The number of carbonyl (C=O) groups excluding carboxylic acids is 1. The number of aryl methyl sites for hydroxylation is 1. The molecule has 0 saturated heterocycles. The van der Waals surface area contributed by atoms with E-state index in [4.69, 9.17) is 4.74 Å². The topological polar surface area (TPSA) is 38.3 Å². The van der Waals surface area contributed by atoms with E-state index in [0.29, 0.717) is 0 Å².